The quantitative estimate of drug-likeness (QED) is 0.426. The van der Waals surface area contributed by atoms with Crippen molar-refractivity contribution >= 4 is 55.5 Å². The molecule has 1 amide bonds. The van der Waals surface area contributed by atoms with Crippen molar-refractivity contribution in [3.63, 3.8) is 0 Å². The van der Waals surface area contributed by atoms with Crippen LogP contribution in [0.5, 0.6) is 0 Å². The maximum absolute atomic E-state index is 13.6. The van der Waals surface area contributed by atoms with Crippen LogP contribution in [0.25, 0.3) is 0 Å². The smallest absolute Gasteiger partial charge is 0.341 e. The van der Waals surface area contributed by atoms with E-state index in [4.69, 9.17) is 16.3 Å². The topological polar surface area (TPSA) is 92.8 Å². The van der Waals surface area contributed by atoms with Gasteiger partial charge in [0, 0.05) is 9.90 Å². The first kappa shape index (κ1) is 25.2. The molecule has 1 N–H and O–H groups in total. The summed E-state index contributed by atoms with van der Waals surface area (Å²) in [6.45, 7) is 3.17. The molecule has 184 valence electrons. The van der Waals surface area contributed by atoms with E-state index in [1.807, 2.05) is 13.8 Å². The van der Waals surface area contributed by atoms with Crippen LogP contribution in [-0.4, -0.2) is 33.9 Å². The first-order chi connectivity index (χ1) is 16.6. The second kappa shape index (κ2) is 10.0. The molecule has 0 spiro atoms. The molecule has 1 heterocycles. The summed E-state index contributed by atoms with van der Waals surface area (Å²) in [5.74, 6) is -1.10. The number of thiophene rings is 1. The van der Waals surface area contributed by atoms with E-state index < -0.39 is 28.4 Å². The fraction of sp³-hybridized carbons (Fsp3) is 0.280. The number of esters is 1. The number of benzene rings is 2. The van der Waals surface area contributed by atoms with Gasteiger partial charge in [-0.15, -0.1) is 11.3 Å². The van der Waals surface area contributed by atoms with Gasteiger partial charge >= 0.3 is 5.97 Å². The van der Waals surface area contributed by atoms with Crippen molar-refractivity contribution in [2.75, 3.05) is 23.3 Å². The highest BCUT2D eigenvalue weighted by Crippen LogP contribution is 2.39. The number of ether oxygens (including phenoxy) is 1. The van der Waals surface area contributed by atoms with Crippen LogP contribution in [0, 0.1) is 13.8 Å². The van der Waals surface area contributed by atoms with E-state index in [1.54, 1.807) is 24.3 Å². The highest BCUT2D eigenvalue weighted by Gasteiger charge is 2.31. The third kappa shape index (κ3) is 5.07. The molecule has 0 fully saturated rings. The number of methoxy groups -OCH3 is 1. The number of hydrogen-bond donors (Lipinski definition) is 1. The Bertz CT molecular complexity index is 1400. The van der Waals surface area contributed by atoms with Crippen LogP contribution < -0.4 is 9.62 Å². The molecule has 0 bridgehead atoms. The van der Waals surface area contributed by atoms with Gasteiger partial charge in [0.2, 0.25) is 5.91 Å². The molecule has 3 aromatic rings. The van der Waals surface area contributed by atoms with Crippen LogP contribution in [0.2, 0.25) is 5.02 Å². The summed E-state index contributed by atoms with van der Waals surface area (Å²) >= 11 is 7.62. The molecule has 1 aromatic heterocycles. The Hall–Kier alpha value is -2.88. The normalized spacial score (nSPS) is 12.8. The fourth-order valence-electron chi connectivity index (χ4n) is 4.00. The maximum atomic E-state index is 13.6. The third-order valence-electron chi connectivity index (χ3n) is 5.90. The molecule has 1 aliphatic rings. The Morgan fingerprint density at radius 3 is 2.49 bits per heavy atom. The predicted molar refractivity (Wildman–Crippen MR) is 138 cm³/mol. The van der Waals surface area contributed by atoms with Crippen LogP contribution in [0.1, 0.15) is 38.3 Å². The number of rotatable bonds is 7. The molecule has 0 aliphatic heterocycles. The lowest BCUT2D eigenvalue weighted by molar-refractivity contribution is -0.114. The van der Waals surface area contributed by atoms with Gasteiger partial charge in [-0.05, 0) is 68.5 Å². The number of fused-ring (bicyclic) bond motifs is 1. The van der Waals surface area contributed by atoms with Crippen molar-refractivity contribution < 1.29 is 22.7 Å². The molecule has 2 aromatic carbocycles. The predicted octanol–water partition coefficient (Wildman–Crippen LogP) is 5.13. The van der Waals surface area contributed by atoms with Gasteiger partial charge in [0.05, 0.1) is 23.3 Å². The molecule has 0 atom stereocenters. The summed E-state index contributed by atoms with van der Waals surface area (Å²) in [5, 5.41) is 3.51. The summed E-state index contributed by atoms with van der Waals surface area (Å²) in [7, 11) is -2.79. The van der Waals surface area contributed by atoms with Gasteiger partial charge in [-0.1, -0.05) is 35.4 Å². The van der Waals surface area contributed by atoms with Crippen LogP contribution in [0.15, 0.2) is 47.4 Å². The van der Waals surface area contributed by atoms with Crippen LogP contribution in [0.3, 0.4) is 0 Å². The zero-order valence-electron chi connectivity index (χ0n) is 19.6. The second-order valence-corrected chi connectivity index (χ2v) is 11.7. The van der Waals surface area contributed by atoms with Crippen molar-refractivity contribution in [1.29, 1.82) is 0 Å². The SMILES string of the molecule is COC(=O)c1c(NC(=O)CN(c2ccc(C)c(Cl)c2)S(=O)(=O)c2ccc(C)cc2)sc2c1CCC2. The maximum Gasteiger partial charge on any atom is 0.341 e. The zero-order chi connectivity index (χ0) is 25.3. The largest absolute Gasteiger partial charge is 0.465 e. The summed E-state index contributed by atoms with van der Waals surface area (Å²) in [6, 6.07) is 11.2. The van der Waals surface area contributed by atoms with E-state index in [-0.39, 0.29) is 10.6 Å². The molecule has 0 radical (unpaired) electrons. The van der Waals surface area contributed by atoms with E-state index in [0.717, 1.165) is 45.1 Å². The lowest BCUT2D eigenvalue weighted by Gasteiger charge is -2.24. The number of nitrogens with one attached hydrogen (secondary N) is 1. The minimum atomic E-state index is -4.09. The van der Waals surface area contributed by atoms with Gasteiger partial charge < -0.3 is 10.1 Å². The lowest BCUT2D eigenvalue weighted by Crippen LogP contribution is -2.38. The third-order valence-corrected chi connectivity index (χ3v) is 9.31. The molecule has 0 saturated heterocycles. The van der Waals surface area contributed by atoms with E-state index >= 15 is 0 Å². The average molecular weight is 533 g/mol. The number of anilines is 2. The van der Waals surface area contributed by atoms with Gasteiger partial charge in [0.15, 0.2) is 0 Å². The number of halogens is 1. The van der Waals surface area contributed by atoms with E-state index in [2.05, 4.69) is 5.32 Å². The van der Waals surface area contributed by atoms with E-state index in [9.17, 15) is 18.0 Å². The Balaban J connectivity index is 1.69. The zero-order valence-corrected chi connectivity index (χ0v) is 21.9. The minimum Gasteiger partial charge on any atom is -0.465 e. The van der Waals surface area contributed by atoms with E-state index in [1.165, 1.54) is 36.6 Å². The van der Waals surface area contributed by atoms with Gasteiger partial charge in [0.1, 0.15) is 11.5 Å². The van der Waals surface area contributed by atoms with E-state index in [0.29, 0.717) is 15.6 Å². The number of carbonyl (C=O) groups excluding carboxylic acids is 2. The summed E-state index contributed by atoms with van der Waals surface area (Å²) in [4.78, 5) is 26.7. The van der Waals surface area contributed by atoms with Crippen LogP contribution in [0.4, 0.5) is 10.7 Å². The molecule has 10 heteroatoms. The van der Waals surface area contributed by atoms with Crippen molar-refractivity contribution in [1.82, 2.24) is 0 Å². The Labute approximate surface area is 213 Å². The Morgan fingerprint density at radius 2 is 1.83 bits per heavy atom. The van der Waals surface area contributed by atoms with Crippen LogP contribution >= 0.6 is 22.9 Å². The first-order valence-electron chi connectivity index (χ1n) is 11.0. The highest BCUT2D eigenvalue weighted by molar-refractivity contribution is 7.92. The number of hydrogen-bond acceptors (Lipinski definition) is 6. The highest BCUT2D eigenvalue weighted by atomic mass is 35.5. The minimum absolute atomic E-state index is 0.0537. The van der Waals surface area contributed by atoms with Gasteiger partial charge in [-0.25, -0.2) is 13.2 Å². The number of aryl methyl sites for hydroxylation is 3. The Kier molecular flexibility index (Phi) is 7.21. The molecule has 35 heavy (non-hydrogen) atoms. The molecule has 1 aliphatic carbocycles. The molecule has 7 nitrogen and oxygen atoms in total. The number of carbonyl (C=O) groups is 2. The average Bonchev–Trinajstić information content (AvgIpc) is 3.40. The monoisotopic (exact) mass is 532 g/mol. The first-order valence-corrected chi connectivity index (χ1v) is 13.6. The number of nitrogens with zero attached hydrogens (tertiary/aromatic N) is 1. The van der Waals surface area contributed by atoms with Crippen molar-refractivity contribution in [2.24, 2.45) is 0 Å². The van der Waals surface area contributed by atoms with Crippen molar-refractivity contribution in [3.05, 3.63) is 74.6 Å². The van der Waals surface area contributed by atoms with Gasteiger partial charge in [0.25, 0.3) is 10.0 Å². The van der Waals surface area contributed by atoms with Crippen molar-refractivity contribution in [3.8, 4) is 0 Å². The molecular formula is C25H25ClN2O5S2. The Morgan fingerprint density at radius 1 is 1.11 bits per heavy atom. The van der Waals surface area contributed by atoms with Gasteiger partial charge in [-0.2, -0.15) is 0 Å². The summed E-state index contributed by atoms with van der Waals surface area (Å²) < 4.78 is 33.1. The summed E-state index contributed by atoms with van der Waals surface area (Å²) in [6.07, 6.45) is 2.51. The number of sulfonamides is 1. The van der Waals surface area contributed by atoms with Gasteiger partial charge in [-0.3, -0.25) is 9.10 Å². The van der Waals surface area contributed by atoms with Crippen molar-refractivity contribution in [2.45, 2.75) is 38.0 Å². The molecular weight excluding hydrogens is 508 g/mol. The fourth-order valence-corrected chi connectivity index (χ4v) is 6.88. The summed E-state index contributed by atoms with van der Waals surface area (Å²) in [5.41, 5.74) is 3.20. The molecule has 0 unspecified atom stereocenters. The molecule has 0 saturated carbocycles. The number of amides is 1. The molecule has 4 rings (SSSR count). The second-order valence-electron chi connectivity index (χ2n) is 8.36. The lowest BCUT2D eigenvalue weighted by atomic mass is 10.1. The standard InChI is InChI=1S/C25H25ClN2O5S2/c1-15-7-11-18(12-8-15)35(31,32)28(17-10-9-16(2)20(26)13-17)14-22(29)27-24-23(25(30)33-3)19-5-4-6-21(19)34-24/h7-13H,4-6,14H2,1-3H3,(H,27,29). The van der Waals surface area contributed by atoms with Crippen LogP contribution in [-0.2, 0) is 32.4 Å².